The monoisotopic (exact) mass is 342 g/mol. The lowest BCUT2D eigenvalue weighted by Crippen LogP contribution is -2.19. The highest BCUT2D eigenvalue weighted by Crippen LogP contribution is 2.19. The van der Waals surface area contributed by atoms with Gasteiger partial charge in [0.15, 0.2) is 0 Å². The first kappa shape index (κ1) is 19.3. The first-order valence-corrected chi connectivity index (χ1v) is 9.29. The number of ether oxygens (including phenoxy) is 3. The van der Waals surface area contributed by atoms with Gasteiger partial charge in [-0.15, -0.1) is 0 Å². The van der Waals surface area contributed by atoms with Gasteiger partial charge in [0.05, 0.1) is 6.61 Å². The van der Waals surface area contributed by atoms with Crippen LogP contribution in [0.5, 0.6) is 11.5 Å². The average molecular weight is 342 g/mol. The number of hydrogen-bond acceptors (Lipinski definition) is 3. The molecule has 0 N–H and O–H groups in total. The molecule has 0 fully saturated rings. The third kappa shape index (κ3) is 8.08. The predicted molar refractivity (Wildman–Crippen MR) is 102 cm³/mol. The van der Waals surface area contributed by atoms with E-state index < -0.39 is 0 Å². The predicted octanol–water partition coefficient (Wildman–Crippen LogP) is 5.63. The maximum absolute atomic E-state index is 5.88. The second-order valence-electron chi connectivity index (χ2n) is 6.31. The maximum atomic E-state index is 5.88. The van der Waals surface area contributed by atoms with Gasteiger partial charge in [-0.2, -0.15) is 0 Å². The molecule has 0 radical (unpaired) electrons. The Kier molecular flexibility index (Phi) is 8.92. The quantitative estimate of drug-likeness (QED) is 0.468. The van der Waals surface area contributed by atoms with E-state index in [9.17, 15) is 0 Å². The van der Waals surface area contributed by atoms with Gasteiger partial charge in [0.2, 0.25) is 0 Å². The van der Waals surface area contributed by atoms with Crippen LogP contribution in [0.1, 0.15) is 45.1 Å². The number of rotatable bonds is 12. The van der Waals surface area contributed by atoms with Gasteiger partial charge in [0, 0.05) is 6.61 Å². The number of unbranched alkanes of at least 4 members (excludes halogenated alkanes) is 3. The summed E-state index contributed by atoms with van der Waals surface area (Å²) in [7, 11) is 0. The molecule has 0 bridgehead atoms. The molecule has 1 atom stereocenters. The summed E-state index contributed by atoms with van der Waals surface area (Å²) in [4.78, 5) is 0. The Morgan fingerprint density at radius 2 is 1.56 bits per heavy atom. The SMILES string of the molecule is CCCCCCOCC(C)Oc1ccc(OCc2ccccc2)cc1. The summed E-state index contributed by atoms with van der Waals surface area (Å²) >= 11 is 0. The van der Waals surface area contributed by atoms with Crippen molar-refractivity contribution in [3.8, 4) is 11.5 Å². The molecule has 0 aliphatic heterocycles. The van der Waals surface area contributed by atoms with Gasteiger partial charge in [-0.05, 0) is 43.2 Å². The van der Waals surface area contributed by atoms with Crippen LogP contribution in [0, 0.1) is 0 Å². The Balaban J connectivity index is 1.65. The van der Waals surface area contributed by atoms with Gasteiger partial charge >= 0.3 is 0 Å². The van der Waals surface area contributed by atoms with Crippen LogP contribution >= 0.6 is 0 Å². The number of hydrogen-bond donors (Lipinski definition) is 0. The molecular weight excluding hydrogens is 312 g/mol. The van der Waals surface area contributed by atoms with Crippen molar-refractivity contribution in [2.75, 3.05) is 13.2 Å². The van der Waals surface area contributed by atoms with E-state index >= 15 is 0 Å². The molecule has 1 unspecified atom stereocenters. The van der Waals surface area contributed by atoms with Crippen LogP contribution in [-0.2, 0) is 11.3 Å². The minimum atomic E-state index is 0.0438. The van der Waals surface area contributed by atoms with Gasteiger partial charge in [0.1, 0.15) is 24.2 Å². The molecule has 0 aliphatic carbocycles. The van der Waals surface area contributed by atoms with Crippen LogP contribution in [0.25, 0.3) is 0 Å². The molecule has 3 nitrogen and oxygen atoms in total. The summed E-state index contributed by atoms with van der Waals surface area (Å²) in [5.41, 5.74) is 1.16. The molecular formula is C22H30O3. The largest absolute Gasteiger partial charge is 0.489 e. The molecule has 0 saturated heterocycles. The Labute approximate surface area is 151 Å². The van der Waals surface area contributed by atoms with E-state index in [1.165, 1.54) is 19.3 Å². The van der Waals surface area contributed by atoms with E-state index in [2.05, 4.69) is 19.1 Å². The van der Waals surface area contributed by atoms with Crippen LogP contribution < -0.4 is 9.47 Å². The maximum Gasteiger partial charge on any atom is 0.120 e. The van der Waals surface area contributed by atoms with Crippen molar-refractivity contribution in [1.29, 1.82) is 0 Å². The lowest BCUT2D eigenvalue weighted by Gasteiger charge is -2.15. The summed E-state index contributed by atoms with van der Waals surface area (Å²) in [5.74, 6) is 1.69. The van der Waals surface area contributed by atoms with Crippen molar-refractivity contribution < 1.29 is 14.2 Å². The van der Waals surface area contributed by atoms with Crippen molar-refractivity contribution in [2.45, 2.75) is 52.2 Å². The van der Waals surface area contributed by atoms with E-state index in [1.54, 1.807) is 0 Å². The molecule has 0 heterocycles. The minimum absolute atomic E-state index is 0.0438. The Morgan fingerprint density at radius 3 is 2.28 bits per heavy atom. The van der Waals surface area contributed by atoms with E-state index in [0.29, 0.717) is 13.2 Å². The standard InChI is InChI=1S/C22H30O3/c1-3-4-5-9-16-23-17-19(2)25-22-14-12-21(13-15-22)24-18-20-10-7-6-8-11-20/h6-8,10-15,19H,3-5,9,16-18H2,1-2H3. The van der Waals surface area contributed by atoms with Crippen molar-refractivity contribution in [1.82, 2.24) is 0 Å². The summed E-state index contributed by atoms with van der Waals surface area (Å²) in [6.07, 6.45) is 4.96. The first-order chi connectivity index (χ1) is 12.3. The second kappa shape index (κ2) is 11.5. The van der Waals surface area contributed by atoms with E-state index in [4.69, 9.17) is 14.2 Å². The second-order valence-corrected chi connectivity index (χ2v) is 6.31. The zero-order chi connectivity index (χ0) is 17.7. The van der Waals surface area contributed by atoms with Gasteiger partial charge in [-0.25, -0.2) is 0 Å². The van der Waals surface area contributed by atoms with Crippen molar-refractivity contribution in [3.05, 3.63) is 60.2 Å². The highest BCUT2D eigenvalue weighted by atomic mass is 16.5. The molecule has 25 heavy (non-hydrogen) atoms. The van der Waals surface area contributed by atoms with Crippen molar-refractivity contribution in [3.63, 3.8) is 0 Å². The van der Waals surface area contributed by atoms with Crippen molar-refractivity contribution >= 4 is 0 Å². The summed E-state index contributed by atoms with van der Waals surface area (Å²) in [6.45, 7) is 6.27. The molecule has 0 saturated carbocycles. The molecule has 0 spiro atoms. The highest BCUT2D eigenvalue weighted by molar-refractivity contribution is 5.31. The Hall–Kier alpha value is -2.00. The van der Waals surface area contributed by atoms with Crippen LogP contribution in [0.4, 0.5) is 0 Å². The van der Waals surface area contributed by atoms with Gasteiger partial charge in [-0.1, -0.05) is 56.5 Å². The fraction of sp³-hybridized carbons (Fsp3) is 0.455. The topological polar surface area (TPSA) is 27.7 Å². The molecule has 3 heteroatoms. The van der Waals surface area contributed by atoms with E-state index in [0.717, 1.165) is 30.1 Å². The van der Waals surface area contributed by atoms with Crippen LogP contribution in [0.2, 0.25) is 0 Å². The van der Waals surface area contributed by atoms with E-state index in [1.807, 2.05) is 49.4 Å². The molecule has 2 rings (SSSR count). The van der Waals surface area contributed by atoms with E-state index in [-0.39, 0.29) is 6.10 Å². The average Bonchev–Trinajstić information content (AvgIpc) is 2.65. The fourth-order valence-corrected chi connectivity index (χ4v) is 2.50. The third-order valence-corrected chi connectivity index (χ3v) is 3.90. The third-order valence-electron chi connectivity index (χ3n) is 3.90. The summed E-state index contributed by atoms with van der Waals surface area (Å²) < 4.78 is 17.3. The highest BCUT2D eigenvalue weighted by Gasteiger charge is 2.05. The number of benzene rings is 2. The lowest BCUT2D eigenvalue weighted by atomic mass is 10.2. The minimum Gasteiger partial charge on any atom is -0.489 e. The molecule has 0 amide bonds. The Bertz CT molecular complexity index is 566. The van der Waals surface area contributed by atoms with Crippen LogP contribution in [0.15, 0.2) is 54.6 Å². The zero-order valence-electron chi connectivity index (χ0n) is 15.4. The smallest absolute Gasteiger partial charge is 0.120 e. The molecule has 2 aromatic carbocycles. The van der Waals surface area contributed by atoms with Crippen LogP contribution in [-0.4, -0.2) is 19.3 Å². The lowest BCUT2D eigenvalue weighted by molar-refractivity contribution is 0.0566. The zero-order valence-corrected chi connectivity index (χ0v) is 15.4. The summed E-state index contributed by atoms with van der Waals surface area (Å²) in [6, 6.07) is 17.9. The first-order valence-electron chi connectivity index (χ1n) is 9.29. The van der Waals surface area contributed by atoms with Crippen LogP contribution in [0.3, 0.4) is 0 Å². The molecule has 136 valence electrons. The van der Waals surface area contributed by atoms with Gasteiger partial charge in [-0.3, -0.25) is 0 Å². The summed E-state index contributed by atoms with van der Waals surface area (Å²) in [5, 5.41) is 0. The molecule has 2 aromatic rings. The molecule has 0 aliphatic rings. The van der Waals surface area contributed by atoms with Crippen molar-refractivity contribution in [2.24, 2.45) is 0 Å². The van der Waals surface area contributed by atoms with Gasteiger partial charge < -0.3 is 14.2 Å². The fourth-order valence-electron chi connectivity index (χ4n) is 2.50. The molecule has 0 aromatic heterocycles. The van der Waals surface area contributed by atoms with Gasteiger partial charge in [0.25, 0.3) is 0 Å². The Morgan fingerprint density at radius 1 is 0.840 bits per heavy atom. The normalized spacial score (nSPS) is 11.9.